The van der Waals surface area contributed by atoms with Crippen molar-refractivity contribution in [1.82, 2.24) is 25.1 Å². The molecule has 4 rings (SSSR count). The van der Waals surface area contributed by atoms with E-state index in [2.05, 4.69) is 25.7 Å². The zero-order valence-electron chi connectivity index (χ0n) is 17.0. The molecule has 158 valence electrons. The molecule has 0 atom stereocenters. The van der Waals surface area contributed by atoms with E-state index in [1.54, 1.807) is 23.0 Å². The van der Waals surface area contributed by atoms with E-state index in [1.807, 2.05) is 0 Å². The quantitative estimate of drug-likeness (QED) is 0.592. The number of nitrogens with one attached hydrogen (secondary N) is 2. The summed E-state index contributed by atoms with van der Waals surface area (Å²) in [6, 6.07) is 6.35. The minimum absolute atomic E-state index is 0.120. The lowest BCUT2D eigenvalue weighted by molar-refractivity contribution is -0.122. The Hall–Kier alpha value is -3.03. The highest BCUT2D eigenvalue weighted by molar-refractivity contribution is 5.86. The summed E-state index contributed by atoms with van der Waals surface area (Å²) in [5, 5.41) is 11.5. The van der Waals surface area contributed by atoms with Crippen molar-refractivity contribution >= 4 is 22.8 Å². The number of hydrogen-bond donors (Lipinski definition) is 2. The molecule has 2 aromatic heterocycles. The molecular formula is C22H27FN6O. The molecule has 0 spiro atoms. The molecule has 0 aliphatic heterocycles. The number of amides is 1. The van der Waals surface area contributed by atoms with Crippen LogP contribution >= 0.6 is 0 Å². The zero-order valence-corrected chi connectivity index (χ0v) is 17.0. The lowest BCUT2D eigenvalue weighted by atomic mass is 9.87. The Balaban J connectivity index is 1.32. The van der Waals surface area contributed by atoms with Crippen molar-refractivity contribution in [3.63, 3.8) is 0 Å². The molecule has 1 saturated carbocycles. The van der Waals surface area contributed by atoms with Crippen LogP contribution in [0.5, 0.6) is 0 Å². The summed E-state index contributed by atoms with van der Waals surface area (Å²) in [6.07, 6.45) is 9.97. The van der Waals surface area contributed by atoms with Gasteiger partial charge in [-0.25, -0.2) is 19.0 Å². The first kappa shape index (κ1) is 20.3. The maximum absolute atomic E-state index is 13.1. The van der Waals surface area contributed by atoms with E-state index >= 15 is 0 Å². The predicted octanol–water partition coefficient (Wildman–Crippen LogP) is 3.66. The van der Waals surface area contributed by atoms with Gasteiger partial charge < -0.3 is 10.6 Å². The smallest absolute Gasteiger partial charge is 0.220 e. The van der Waals surface area contributed by atoms with Gasteiger partial charge >= 0.3 is 0 Å². The van der Waals surface area contributed by atoms with Crippen molar-refractivity contribution in [2.75, 3.05) is 11.9 Å². The first-order chi connectivity index (χ1) is 14.7. The summed E-state index contributed by atoms with van der Waals surface area (Å²) in [5.41, 5.74) is 1.67. The van der Waals surface area contributed by atoms with Gasteiger partial charge in [-0.1, -0.05) is 31.4 Å². The monoisotopic (exact) mass is 410 g/mol. The third kappa shape index (κ3) is 5.11. The molecule has 3 aromatic rings. The van der Waals surface area contributed by atoms with Gasteiger partial charge in [-0.15, -0.1) is 0 Å². The third-order valence-corrected chi connectivity index (χ3v) is 5.65. The third-order valence-electron chi connectivity index (χ3n) is 5.65. The van der Waals surface area contributed by atoms with Gasteiger partial charge in [0.2, 0.25) is 5.91 Å². The highest BCUT2D eigenvalue weighted by atomic mass is 19.1. The molecule has 7 nitrogen and oxygen atoms in total. The van der Waals surface area contributed by atoms with Gasteiger partial charge in [0.1, 0.15) is 18.0 Å². The van der Waals surface area contributed by atoms with E-state index < -0.39 is 0 Å². The van der Waals surface area contributed by atoms with Crippen molar-refractivity contribution in [3.8, 4) is 0 Å². The highest BCUT2D eigenvalue weighted by Crippen LogP contribution is 2.26. The average molecular weight is 410 g/mol. The molecule has 30 heavy (non-hydrogen) atoms. The van der Waals surface area contributed by atoms with Crippen LogP contribution in [-0.2, 0) is 17.9 Å². The summed E-state index contributed by atoms with van der Waals surface area (Å²) < 4.78 is 14.8. The average Bonchev–Trinajstić information content (AvgIpc) is 3.18. The van der Waals surface area contributed by atoms with Gasteiger partial charge in [-0.3, -0.25) is 4.79 Å². The van der Waals surface area contributed by atoms with Gasteiger partial charge in [0.05, 0.1) is 18.1 Å². The van der Waals surface area contributed by atoms with E-state index in [9.17, 15) is 9.18 Å². The molecule has 0 unspecified atom stereocenters. The number of hydrogen-bond acceptors (Lipinski definition) is 5. The van der Waals surface area contributed by atoms with Crippen LogP contribution in [-0.4, -0.2) is 32.2 Å². The topological polar surface area (TPSA) is 84.7 Å². The zero-order chi connectivity index (χ0) is 20.8. The number of aromatic nitrogens is 4. The number of benzene rings is 1. The molecule has 1 fully saturated rings. The van der Waals surface area contributed by atoms with Gasteiger partial charge in [0, 0.05) is 19.5 Å². The molecular weight excluding hydrogens is 383 g/mol. The molecule has 1 aromatic carbocycles. The van der Waals surface area contributed by atoms with Crippen LogP contribution in [0.3, 0.4) is 0 Å². The normalized spacial score (nSPS) is 14.7. The largest absolute Gasteiger partial charge is 0.365 e. The minimum atomic E-state index is -0.254. The predicted molar refractivity (Wildman–Crippen MR) is 113 cm³/mol. The highest BCUT2D eigenvalue weighted by Gasteiger charge is 2.17. The molecule has 2 N–H and O–H groups in total. The van der Waals surface area contributed by atoms with E-state index in [-0.39, 0.29) is 11.7 Å². The maximum Gasteiger partial charge on any atom is 0.220 e. The Kier molecular flexibility index (Phi) is 6.51. The van der Waals surface area contributed by atoms with Crippen LogP contribution in [0.2, 0.25) is 0 Å². The van der Waals surface area contributed by atoms with Crippen molar-refractivity contribution in [3.05, 3.63) is 48.2 Å². The fraction of sp³-hybridized carbons (Fsp3) is 0.455. The molecule has 8 heteroatoms. The molecule has 2 heterocycles. The van der Waals surface area contributed by atoms with Crippen LogP contribution in [0.25, 0.3) is 11.0 Å². The number of carbonyl (C=O) groups is 1. The van der Waals surface area contributed by atoms with Crippen LogP contribution in [0, 0.1) is 11.7 Å². The first-order valence-electron chi connectivity index (χ1n) is 10.6. The van der Waals surface area contributed by atoms with Crippen LogP contribution in [0.15, 0.2) is 36.8 Å². The van der Waals surface area contributed by atoms with Crippen molar-refractivity contribution in [2.45, 2.75) is 51.6 Å². The van der Waals surface area contributed by atoms with Crippen LogP contribution < -0.4 is 10.6 Å². The number of nitrogens with zero attached hydrogens (tertiary/aromatic N) is 4. The number of anilines is 1. The molecule has 0 saturated heterocycles. The Morgan fingerprint density at radius 2 is 1.93 bits per heavy atom. The van der Waals surface area contributed by atoms with Gasteiger partial charge in [-0.2, -0.15) is 5.10 Å². The lowest BCUT2D eigenvalue weighted by Crippen LogP contribution is -2.29. The Bertz CT molecular complexity index is 981. The van der Waals surface area contributed by atoms with Crippen molar-refractivity contribution in [1.29, 1.82) is 0 Å². The second kappa shape index (κ2) is 9.65. The van der Waals surface area contributed by atoms with Gasteiger partial charge in [0.15, 0.2) is 5.65 Å². The van der Waals surface area contributed by atoms with E-state index in [0.29, 0.717) is 43.4 Å². The summed E-state index contributed by atoms with van der Waals surface area (Å²) >= 11 is 0. The number of fused-ring (bicyclic) bond motifs is 1. The van der Waals surface area contributed by atoms with Crippen LogP contribution in [0.4, 0.5) is 10.2 Å². The van der Waals surface area contributed by atoms with Crippen LogP contribution in [0.1, 0.15) is 44.1 Å². The van der Waals surface area contributed by atoms with E-state index in [4.69, 9.17) is 0 Å². The Labute approximate surface area is 175 Å². The van der Waals surface area contributed by atoms with Gasteiger partial charge in [0.25, 0.3) is 0 Å². The van der Waals surface area contributed by atoms with Crippen molar-refractivity contribution < 1.29 is 9.18 Å². The summed E-state index contributed by atoms with van der Waals surface area (Å²) in [5.74, 6) is 1.08. The fourth-order valence-electron chi connectivity index (χ4n) is 4.01. The molecule has 1 amide bonds. The summed E-state index contributed by atoms with van der Waals surface area (Å²) in [6.45, 7) is 1.59. The second-order valence-corrected chi connectivity index (χ2v) is 7.87. The number of carbonyl (C=O) groups excluding carboxylic acids is 1. The minimum Gasteiger partial charge on any atom is -0.365 e. The number of rotatable bonds is 8. The van der Waals surface area contributed by atoms with E-state index in [1.165, 1.54) is 50.6 Å². The summed E-state index contributed by atoms with van der Waals surface area (Å²) in [4.78, 5) is 20.9. The Morgan fingerprint density at radius 3 is 2.73 bits per heavy atom. The molecule has 0 radical (unpaired) electrons. The molecule has 0 bridgehead atoms. The standard InChI is InChI=1S/C22H27FN6O/c23-18-8-6-17(7-9-18)13-25-21-19-14-28-29(22(19)27-15-26-21)11-10-24-20(30)12-16-4-2-1-3-5-16/h6-9,14-16H,1-5,10-13H2,(H,24,30)(H,25,26,27). The maximum atomic E-state index is 13.1. The van der Waals surface area contributed by atoms with Gasteiger partial charge in [-0.05, 0) is 36.5 Å². The first-order valence-corrected chi connectivity index (χ1v) is 10.6. The van der Waals surface area contributed by atoms with E-state index in [0.717, 1.165) is 10.9 Å². The Morgan fingerprint density at radius 1 is 1.13 bits per heavy atom. The summed E-state index contributed by atoms with van der Waals surface area (Å²) in [7, 11) is 0. The van der Waals surface area contributed by atoms with Crippen molar-refractivity contribution in [2.24, 2.45) is 5.92 Å². The fourth-order valence-corrected chi connectivity index (χ4v) is 4.01. The second-order valence-electron chi connectivity index (χ2n) is 7.87. The SMILES string of the molecule is O=C(CC1CCCCC1)NCCn1ncc2c(NCc3ccc(F)cc3)ncnc21. The number of halogens is 1. The lowest BCUT2D eigenvalue weighted by Gasteiger charge is -2.20. The molecule has 1 aliphatic carbocycles. The molecule has 1 aliphatic rings.